The molecule has 3 amide bonds. The number of thioether (sulfide) groups is 1. The van der Waals surface area contributed by atoms with E-state index in [9.17, 15) is 19.2 Å². The highest BCUT2D eigenvalue weighted by Crippen LogP contribution is 2.26. The number of benzene rings is 3. The van der Waals surface area contributed by atoms with E-state index in [1.165, 1.54) is 23.1 Å². The SMILES string of the molecule is CCOC(=O)Cc1csc(NC(=O)C(C)Sc2ccc(NC(=O)/C(=C/c3cccc(Br)c3)NC(=O)c3ccccc3)cc2)n1. The molecule has 0 saturated carbocycles. The average molecular weight is 694 g/mol. The number of anilines is 2. The molecule has 4 aromatic rings. The highest BCUT2D eigenvalue weighted by atomic mass is 79.9. The van der Waals surface area contributed by atoms with Crippen LogP contribution in [-0.4, -0.2) is 40.5 Å². The van der Waals surface area contributed by atoms with Crippen LogP contribution >= 0.6 is 39.0 Å². The van der Waals surface area contributed by atoms with Crippen LogP contribution in [0.3, 0.4) is 0 Å². The Balaban J connectivity index is 1.37. The second-order valence-corrected chi connectivity index (χ2v) is 12.5. The molecule has 0 radical (unpaired) electrons. The number of carbonyl (C=O) groups excluding carboxylic acids is 4. The highest BCUT2D eigenvalue weighted by molar-refractivity contribution is 9.10. The minimum Gasteiger partial charge on any atom is -0.466 e. The summed E-state index contributed by atoms with van der Waals surface area (Å²) >= 11 is 6.02. The van der Waals surface area contributed by atoms with E-state index in [4.69, 9.17) is 4.74 Å². The Kier molecular flexibility index (Phi) is 11.9. The van der Waals surface area contributed by atoms with Gasteiger partial charge in [-0.05, 0) is 74.0 Å². The quantitative estimate of drug-likeness (QED) is 0.0874. The molecule has 0 spiro atoms. The summed E-state index contributed by atoms with van der Waals surface area (Å²) in [6.45, 7) is 3.81. The molecule has 3 N–H and O–H groups in total. The van der Waals surface area contributed by atoms with Crippen molar-refractivity contribution in [2.24, 2.45) is 0 Å². The molecule has 12 heteroatoms. The van der Waals surface area contributed by atoms with Crippen molar-refractivity contribution in [3.63, 3.8) is 0 Å². The lowest BCUT2D eigenvalue weighted by molar-refractivity contribution is -0.142. The van der Waals surface area contributed by atoms with E-state index < -0.39 is 17.1 Å². The van der Waals surface area contributed by atoms with Crippen LogP contribution in [0.2, 0.25) is 0 Å². The zero-order valence-electron chi connectivity index (χ0n) is 23.8. The number of nitrogens with one attached hydrogen (secondary N) is 3. The second-order valence-electron chi connectivity index (χ2n) is 9.29. The third-order valence-electron chi connectivity index (χ3n) is 5.90. The van der Waals surface area contributed by atoms with Crippen LogP contribution in [0.5, 0.6) is 0 Å². The van der Waals surface area contributed by atoms with Gasteiger partial charge in [0.1, 0.15) is 5.70 Å². The van der Waals surface area contributed by atoms with Crippen molar-refractivity contribution >= 4 is 79.6 Å². The van der Waals surface area contributed by atoms with Gasteiger partial charge in [-0.3, -0.25) is 19.2 Å². The maximum atomic E-state index is 13.3. The maximum absolute atomic E-state index is 13.3. The van der Waals surface area contributed by atoms with Crippen molar-refractivity contribution in [1.82, 2.24) is 10.3 Å². The standard InChI is InChI=1S/C32H29BrN4O5S2/c1-3-42-28(38)18-25-19-43-32(35-25)37-29(39)20(2)44-26-14-12-24(13-15-26)34-31(41)27(17-21-8-7-11-23(33)16-21)36-30(40)22-9-5-4-6-10-22/h4-17,19-20H,3,18H2,1-2H3,(H,34,41)(H,36,40)(H,35,37,39)/b27-17-. The van der Waals surface area contributed by atoms with Gasteiger partial charge in [-0.25, -0.2) is 4.98 Å². The summed E-state index contributed by atoms with van der Waals surface area (Å²) < 4.78 is 5.77. The van der Waals surface area contributed by atoms with Crippen molar-refractivity contribution in [3.05, 3.63) is 111 Å². The molecule has 0 aliphatic rings. The smallest absolute Gasteiger partial charge is 0.311 e. The Morgan fingerprint density at radius 2 is 1.75 bits per heavy atom. The number of esters is 1. The van der Waals surface area contributed by atoms with Crippen molar-refractivity contribution in [3.8, 4) is 0 Å². The summed E-state index contributed by atoms with van der Waals surface area (Å²) in [5.74, 6) is -1.50. The number of carbonyl (C=O) groups is 4. The van der Waals surface area contributed by atoms with Gasteiger partial charge in [0.05, 0.1) is 24.0 Å². The first-order valence-electron chi connectivity index (χ1n) is 13.5. The van der Waals surface area contributed by atoms with E-state index in [1.54, 1.807) is 73.8 Å². The van der Waals surface area contributed by atoms with Crippen molar-refractivity contribution in [2.45, 2.75) is 30.4 Å². The molecule has 0 aliphatic carbocycles. The number of hydrogen-bond acceptors (Lipinski definition) is 8. The average Bonchev–Trinajstić information content (AvgIpc) is 3.44. The van der Waals surface area contributed by atoms with Gasteiger partial charge in [-0.15, -0.1) is 23.1 Å². The number of hydrogen-bond donors (Lipinski definition) is 3. The van der Waals surface area contributed by atoms with Gasteiger partial charge in [-0.1, -0.05) is 46.3 Å². The van der Waals surface area contributed by atoms with Gasteiger partial charge in [0.2, 0.25) is 5.91 Å². The number of thiazole rings is 1. The monoisotopic (exact) mass is 692 g/mol. The topological polar surface area (TPSA) is 126 Å². The van der Waals surface area contributed by atoms with Gasteiger partial charge < -0.3 is 20.7 Å². The van der Waals surface area contributed by atoms with Crippen LogP contribution in [0, 0.1) is 0 Å². The molecule has 1 heterocycles. The lowest BCUT2D eigenvalue weighted by atomic mass is 10.1. The lowest BCUT2D eigenvalue weighted by Crippen LogP contribution is -2.30. The summed E-state index contributed by atoms with van der Waals surface area (Å²) in [4.78, 5) is 55.7. The van der Waals surface area contributed by atoms with Gasteiger partial charge in [0, 0.05) is 26.0 Å². The molecular weight excluding hydrogens is 664 g/mol. The van der Waals surface area contributed by atoms with Crippen LogP contribution in [0.1, 0.15) is 35.5 Å². The normalized spacial score (nSPS) is 11.8. The molecule has 44 heavy (non-hydrogen) atoms. The molecule has 0 saturated heterocycles. The van der Waals surface area contributed by atoms with Crippen molar-refractivity contribution in [1.29, 1.82) is 0 Å². The predicted molar refractivity (Wildman–Crippen MR) is 177 cm³/mol. The molecule has 1 unspecified atom stereocenters. The largest absolute Gasteiger partial charge is 0.466 e. The highest BCUT2D eigenvalue weighted by Gasteiger charge is 2.18. The first-order chi connectivity index (χ1) is 21.2. The Bertz CT molecular complexity index is 1660. The van der Waals surface area contributed by atoms with E-state index in [-0.39, 0.29) is 24.0 Å². The molecule has 1 atom stereocenters. The van der Waals surface area contributed by atoms with Crippen molar-refractivity contribution < 1.29 is 23.9 Å². The second kappa shape index (κ2) is 16.0. The summed E-state index contributed by atoms with van der Waals surface area (Å²) in [5.41, 5.74) is 2.28. The van der Waals surface area contributed by atoms with E-state index >= 15 is 0 Å². The number of halogens is 1. The fraction of sp³-hybridized carbons (Fsp3) is 0.156. The number of nitrogens with zero attached hydrogens (tertiary/aromatic N) is 1. The molecule has 0 bridgehead atoms. The molecule has 0 aliphatic heterocycles. The van der Waals surface area contributed by atoms with E-state index in [2.05, 4.69) is 36.9 Å². The molecule has 1 aromatic heterocycles. The minimum atomic E-state index is -0.492. The first kappa shape index (κ1) is 32.6. The Morgan fingerprint density at radius 1 is 1.00 bits per heavy atom. The third-order valence-corrected chi connectivity index (χ3v) is 8.31. The summed E-state index contributed by atoms with van der Waals surface area (Å²) in [7, 11) is 0. The summed E-state index contributed by atoms with van der Waals surface area (Å²) in [6, 6.07) is 23.1. The van der Waals surface area contributed by atoms with E-state index in [1.807, 2.05) is 30.3 Å². The number of ether oxygens (including phenoxy) is 1. The zero-order chi connectivity index (χ0) is 31.5. The summed E-state index contributed by atoms with van der Waals surface area (Å²) in [5, 5.41) is 10.0. The van der Waals surface area contributed by atoms with E-state index in [0.29, 0.717) is 28.7 Å². The van der Waals surface area contributed by atoms with Gasteiger partial charge >= 0.3 is 5.97 Å². The van der Waals surface area contributed by atoms with Gasteiger partial charge in [-0.2, -0.15) is 0 Å². The molecule has 3 aromatic carbocycles. The van der Waals surface area contributed by atoms with Crippen LogP contribution < -0.4 is 16.0 Å². The van der Waals surface area contributed by atoms with Crippen LogP contribution in [0.4, 0.5) is 10.8 Å². The number of rotatable bonds is 12. The minimum absolute atomic E-state index is 0.0497. The molecule has 0 fully saturated rings. The fourth-order valence-corrected chi connectivity index (χ4v) is 5.79. The fourth-order valence-electron chi connectivity index (χ4n) is 3.79. The Morgan fingerprint density at radius 3 is 2.45 bits per heavy atom. The maximum Gasteiger partial charge on any atom is 0.311 e. The predicted octanol–water partition coefficient (Wildman–Crippen LogP) is 6.54. The third kappa shape index (κ3) is 9.90. The zero-order valence-corrected chi connectivity index (χ0v) is 27.1. The number of amides is 3. The lowest BCUT2D eigenvalue weighted by Gasteiger charge is -2.13. The number of aromatic nitrogens is 1. The van der Waals surface area contributed by atoms with Crippen LogP contribution in [0.15, 0.2) is 99.3 Å². The van der Waals surface area contributed by atoms with Crippen LogP contribution in [-0.2, 0) is 25.5 Å². The van der Waals surface area contributed by atoms with E-state index in [0.717, 1.165) is 14.9 Å². The molecule has 4 rings (SSSR count). The summed E-state index contributed by atoms with van der Waals surface area (Å²) in [6.07, 6.45) is 1.65. The molecular formula is C32H29BrN4O5S2. The molecule has 226 valence electrons. The van der Waals surface area contributed by atoms with Crippen LogP contribution in [0.25, 0.3) is 6.08 Å². The Hall–Kier alpha value is -4.26. The Labute approximate surface area is 271 Å². The molecule has 9 nitrogen and oxygen atoms in total. The first-order valence-corrected chi connectivity index (χ1v) is 16.1. The van der Waals surface area contributed by atoms with Gasteiger partial charge in [0.25, 0.3) is 11.8 Å². The van der Waals surface area contributed by atoms with Crippen molar-refractivity contribution in [2.75, 3.05) is 17.2 Å². The van der Waals surface area contributed by atoms with Gasteiger partial charge in [0.15, 0.2) is 5.13 Å².